The van der Waals surface area contributed by atoms with E-state index >= 15 is 0 Å². The molecule has 0 aromatic rings. The van der Waals surface area contributed by atoms with Crippen LogP contribution in [0.5, 0.6) is 0 Å². The van der Waals surface area contributed by atoms with E-state index in [0.717, 1.165) is 12.8 Å². The van der Waals surface area contributed by atoms with Crippen molar-refractivity contribution in [1.82, 2.24) is 0 Å². The molecule has 116 valence electrons. The first-order valence-electron chi connectivity index (χ1n) is 8.22. The first-order valence-corrected chi connectivity index (χ1v) is 8.22. The van der Waals surface area contributed by atoms with E-state index in [2.05, 4.69) is 31.2 Å². The van der Waals surface area contributed by atoms with Crippen LogP contribution >= 0.6 is 0 Å². The molecule has 0 atom stereocenters. The van der Waals surface area contributed by atoms with Crippen molar-refractivity contribution >= 4 is 5.97 Å². The first kappa shape index (κ1) is 18.9. The van der Waals surface area contributed by atoms with E-state index in [1.807, 2.05) is 0 Å². The summed E-state index contributed by atoms with van der Waals surface area (Å²) in [4.78, 5) is 10.5. The van der Waals surface area contributed by atoms with Crippen molar-refractivity contribution in [2.24, 2.45) is 0 Å². The van der Waals surface area contributed by atoms with E-state index in [0.29, 0.717) is 6.61 Å². The standard InChI is InChI=1S/C18H32O2/c1-3-4-5-6-7-8-9-10-11-12-13-14-15-16-17-20-18(2)19/h4-7H,3,8-17H2,1-2H3. The van der Waals surface area contributed by atoms with Crippen molar-refractivity contribution in [1.29, 1.82) is 0 Å². The molecule has 0 N–H and O–H groups in total. The van der Waals surface area contributed by atoms with Crippen LogP contribution in [0, 0.1) is 0 Å². The van der Waals surface area contributed by atoms with Gasteiger partial charge in [0, 0.05) is 6.92 Å². The Morgan fingerprint density at radius 2 is 1.40 bits per heavy atom. The average molecular weight is 280 g/mol. The molecular weight excluding hydrogens is 248 g/mol. The van der Waals surface area contributed by atoms with Crippen molar-refractivity contribution in [2.45, 2.75) is 78.1 Å². The predicted molar refractivity (Wildman–Crippen MR) is 86.8 cm³/mol. The second-order valence-electron chi connectivity index (χ2n) is 5.22. The summed E-state index contributed by atoms with van der Waals surface area (Å²) < 4.78 is 4.90. The van der Waals surface area contributed by atoms with E-state index in [-0.39, 0.29) is 5.97 Å². The Hall–Kier alpha value is -1.05. The van der Waals surface area contributed by atoms with Crippen LogP contribution in [-0.4, -0.2) is 12.6 Å². The van der Waals surface area contributed by atoms with Crippen LogP contribution in [0.1, 0.15) is 78.1 Å². The number of carbonyl (C=O) groups excluding carboxylic acids is 1. The zero-order valence-electron chi connectivity index (χ0n) is 13.4. The van der Waals surface area contributed by atoms with Gasteiger partial charge in [-0.25, -0.2) is 0 Å². The van der Waals surface area contributed by atoms with E-state index in [4.69, 9.17) is 4.74 Å². The molecule has 0 saturated heterocycles. The Balaban J connectivity index is 3.08. The fraction of sp³-hybridized carbons (Fsp3) is 0.722. The summed E-state index contributed by atoms with van der Waals surface area (Å²) in [6.45, 7) is 4.21. The molecule has 0 aliphatic heterocycles. The fourth-order valence-electron chi connectivity index (χ4n) is 2.03. The minimum Gasteiger partial charge on any atom is -0.466 e. The van der Waals surface area contributed by atoms with Crippen LogP contribution in [-0.2, 0) is 9.53 Å². The van der Waals surface area contributed by atoms with E-state index in [1.165, 1.54) is 58.3 Å². The third-order valence-corrected chi connectivity index (χ3v) is 3.19. The molecular formula is C18H32O2. The van der Waals surface area contributed by atoms with Gasteiger partial charge in [0.2, 0.25) is 0 Å². The molecule has 0 bridgehead atoms. The lowest BCUT2D eigenvalue weighted by Gasteiger charge is -2.02. The van der Waals surface area contributed by atoms with E-state index < -0.39 is 0 Å². The number of allylic oxidation sites excluding steroid dienone is 4. The normalized spacial score (nSPS) is 11.5. The van der Waals surface area contributed by atoms with Gasteiger partial charge in [-0.2, -0.15) is 0 Å². The topological polar surface area (TPSA) is 26.3 Å². The highest BCUT2D eigenvalue weighted by Crippen LogP contribution is 2.10. The van der Waals surface area contributed by atoms with Crippen molar-refractivity contribution in [3.05, 3.63) is 24.3 Å². The molecule has 0 aromatic heterocycles. The number of hydrogen-bond acceptors (Lipinski definition) is 2. The van der Waals surface area contributed by atoms with Gasteiger partial charge < -0.3 is 4.74 Å². The number of hydrogen-bond donors (Lipinski definition) is 0. The molecule has 0 saturated carbocycles. The lowest BCUT2D eigenvalue weighted by atomic mass is 10.1. The third kappa shape index (κ3) is 16.9. The summed E-state index contributed by atoms with van der Waals surface area (Å²) in [5.41, 5.74) is 0. The summed E-state index contributed by atoms with van der Waals surface area (Å²) in [7, 11) is 0. The Kier molecular flexibility index (Phi) is 15.2. The molecule has 0 rings (SSSR count). The Labute approximate surface area is 125 Å². The summed E-state index contributed by atoms with van der Waals surface area (Å²) in [6, 6.07) is 0. The van der Waals surface area contributed by atoms with Gasteiger partial charge in [0.25, 0.3) is 0 Å². The Morgan fingerprint density at radius 1 is 0.850 bits per heavy atom. The maximum Gasteiger partial charge on any atom is 0.302 e. The maximum atomic E-state index is 10.5. The highest BCUT2D eigenvalue weighted by atomic mass is 16.5. The molecule has 0 amide bonds. The zero-order chi connectivity index (χ0) is 14.9. The molecule has 0 fully saturated rings. The minimum atomic E-state index is -0.163. The smallest absolute Gasteiger partial charge is 0.302 e. The van der Waals surface area contributed by atoms with Gasteiger partial charge in [0.1, 0.15) is 0 Å². The van der Waals surface area contributed by atoms with E-state index in [1.54, 1.807) is 0 Å². The number of unbranched alkanes of at least 4 members (excludes halogenated alkanes) is 8. The molecule has 2 heteroatoms. The SMILES string of the molecule is CCC=CC=CCCCCCCCCCCOC(C)=O. The number of carbonyl (C=O) groups is 1. The number of ether oxygens (including phenoxy) is 1. The molecule has 0 aliphatic rings. The van der Waals surface area contributed by atoms with E-state index in [9.17, 15) is 4.79 Å². The monoisotopic (exact) mass is 280 g/mol. The van der Waals surface area contributed by atoms with Crippen molar-refractivity contribution < 1.29 is 9.53 Å². The highest BCUT2D eigenvalue weighted by molar-refractivity contribution is 5.65. The first-order chi connectivity index (χ1) is 9.77. The number of esters is 1. The van der Waals surface area contributed by atoms with Crippen molar-refractivity contribution in [2.75, 3.05) is 6.61 Å². The van der Waals surface area contributed by atoms with Gasteiger partial charge in [-0.15, -0.1) is 0 Å². The maximum absolute atomic E-state index is 10.5. The molecule has 0 aromatic carbocycles. The summed E-state index contributed by atoms with van der Waals surface area (Å²) in [5.74, 6) is -0.163. The van der Waals surface area contributed by atoms with Crippen molar-refractivity contribution in [3.63, 3.8) is 0 Å². The molecule has 20 heavy (non-hydrogen) atoms. The molecule has 2 nitrogen and oxygen atoms in total. The van der Waals surface area contributed by atoms with Gasteiger partial charge in [0.15, 0.2) is 0 Å². The van der Waals surface area contributed by atoms with Crippen LogP contribution < -0.4 is 0 Å². The van der Waals surface area contributed by atoms with Crippen LogP contribution in [0.4, 0.5) is 0 Å². The molecule has 0 heterocycles. The second kappa shape index (κ2) is 16.0. The average Bonchev–Trinajstić information content (AvgIpc) is 2.43. The van der Waals surface area contributed by atoms with Gasteiger partial charge in [0.05, 0.1) is 6.61 Å². The number of rotatable bonds is 13. The minimum absolute atomic E-state index is 0.163. The summed E-state index contributed by atoms with van der Waals surface area (Å²) in [6.07, 6.45) is 21.2. The summed E-state index contributed by atoms with van der Waals surface area (Å²) >= 11 is 0. The van der Waals surface area contributed by atoms with Crippen molar-refractivity contribution in [3.8, 4) is 0 Å². The van der Waals surface area contributed by atoms with Gasteiger partial charge >= 0.3 is 5.97 Å². The Morgan fingerprint density at radius 3 is 2.00 bits per heavy atom. The third-order valence-electron chi connectivity index (χ3n) is 3.19. The quantitative estimate of drug-likeness (QED) is 0.250. The zero-order valence-corrected chi connectivity index (χ0v) is 13.4. The van der Waals surface area contributed by atoms with Crippen LogP contribution in [0.15, 0.2) is 24.3 Å². The molecule has 0 radical (unpaired) electrons. The Bertz CT molecular complexity index is 267. The van der Waals surface area contributed by atoms with Gasteiger partial charge in [-0.3, -0.25) is 4.79 Å². The molecule has 0 unspecified atom stereocenters. The highest BCUT2D eigenvalue weighted by Gasteiger charge is 1.94. The summed E-state index contributed by atoms with van der Waals surface area (Å²) in [5, 5.41) is 0. The second-order valence-corrected chi connectivity index (χ2v) is 5.22. The van der Waals surface area contributed by atoms with Crippen LogP contribution in [0.3, 0.4) is 0 Å². The molecule has 0 spiro atoms. The van der Waals surface area contributed by atoms with Gasteiger partial charge in [-0.05, 0) is 25.7 Å². The molecule has 0 aliphatic carbocycles. The largest absolute Gasteiger partial charge is 0.466 e. The predicted octanol–water partition coefficient (Wildman–Crippen LogP) is 5.58. The lowest BCUT2D eigenvalue weighted by molar-refractivity contribution is -0.141. The van der Waals surface area contributed by atoms with Crippen LogP contribution in [0.25, 0.3) is 0 Å². The van der Waals surface area contributed by atoms with Gasteiger partial charge in [-0.1, -0.05) is 69.8 Å². The lowest BCUT2D eigenvalue weighted by Crippen LogP contribution is -2.00. The fourth-order valence-corrected chi connectivity index (χ4v) is 2.03. The van der Waals surface area contributed by atoms with Crippen LogP contribution in [0.2, 0.25) is 0 Å².